The maximum atomic E-state index is 10.8. The first-order valence-corrected chi connectivity index (χ1v) is 7.24. The molecule has 0 atom stereocenters. The fourth-order valence-electron chi connectivity index (χ4n) is 1.36. The van der Waals surface area contributed by atoms with E-state index in [2.05, 4.69) is 10.1 Å². The van der Waals surface area contributed by atoms with Crippen LogP contribution in [0.3, 0.4) is 0 Å². The smallest absolute Gasteiger partial charge is 0.243 e. The highest BCUT2D eigenvalue weighted by atomic mass is 35.7. The van der Waals surface area contributed by atoms with Crippen LogP contribution in [0.1, 0.15) is 11.5 Å². The van der Waals surface area contributed by atoms with Crippen LogP contribution in [0.5, 0.6) is 0 Å². The van der Waals surface area contributed by atoms with Gasteiger partial charge in [-0.25, -0.2) is 8.42 Å². The summed E-state index contributed by atoms with van der Waals surface area (Å²) >= 11 is 0. The normalized spacial score (nSPS) is 11.6. The number of hydrogen-bond acceptors (Lipinski definition) is 5. The molecular weight excluding hydrogens is 264 g/mol. The Morgan fingerprint density at radius 3 is 2.82 bits per heavy atom. The average molecular weight is 273 g/mol. The standard InChI is InChI=1S/C10H9ClN2O3S/c1-7-3-2-4-8(5-7)10-12-9(16-13-10)6-17(11,14)15/h2-5H,6H2,1H3. The van der Waals surface area contributed by atoms with Crippen LogP contribution in [0.4, 0.5) is 0 Å². The van der Waals surface area contributed by atoms with Gasteiger partial charge in [0.1, 0.15) is 5.75 Å². The first kappa shape index (κ1) is 12.1. The molecule has 0 amide bonds. The summed E-state index contributed by atoms with van der Waals surface area (Å²) in [5.41, 5.74) is 1.82. The molecule has 2 rings (SSSR count). The van der Waals surface area contributed by atoms with Crippen molar-refractivity contribution < 1.29 is 12.9 Å². The molecule has 0 saturated heterocycles. The number of aryl methyl sites for hydroxylation is 1. The first-order valence-electron chi connectivity index (χ1n) is 4.76. The Labute approximate surface area is 103 Å². The minimum absolute atomic E-state index is 0.0171. The molecule has 1 aromatic carbocycles. The van der Waals surface area contributed by atoms with Gasteiger partial charge in [0.25, 0.3) is 0 Å². The number of hydrogen-bond donors (Lipinski definition) is 0. The van der Waals surface area contributed by atoms with Gasteiger partial charge in [-0.05, 0) is 13.0 Å². The van der Waals surface area contributed by atoms with E-state index in [4.69, 9.17) is 15.2 Å². The van der Waals surface area contributed by atoms with Crippen LogP contribution in [-0.4, -0.2) is 18.6 Å². The van der Waals surface area contributed by atoms with Crippen LogP contribution in [0, 0.1) is 6.92 Å². The summed E-state index contributed by atoms with van der Waals surface area (Å²) in [4.78, 5) is 3.97. The molecule has 1 heterocycles. The lowest BCUT2D eigenvalue weighted by molar-refractivity contribution is 0.390. The summed E-state index contributed by atoms with van der Waals surface area (Å²) in [6, 6.07) is 7.49. The maximum absolute atomic E-state index is 10.8. The van der Waals surface area contributed by atoms with Crippen LogP contribution in [0.25, 0.3) is 11.4 Å². The van der Waals surface area contributed by atoms with Crippen LogP contribution in [0.2, 0.25) is 0 Å². The maximum Gasteiger partial charge on any atom is 0.243 e. The molecule has 0 N–H and O–H groups in total. The number of aromatic nitrogens is 2. The Morgan fingerprint density at radius 1 is 1.41 bits per heavy atom. The molecule has 0 radical (unpaired) electrons. The molecular formula is C10H9ClN2O3S. The van der Waals surface area contributed by atoms with Gasteiger partial charge in [-0.15, -0.1) is 0 Å². The zero-order valence-corrected chi connectivity index (χ0v) is 10.5. The summed E-state index contributed by atoms with van der Waals surface area (Å²) in [7, 11) is 1.41. The summed E-state index contributed by atoms with van der Waals surface area (Å²) in [6.45, 7) is 1.94. The zero-order valence-electron chi connectivity index (χ0n) is 8.92. The van der Waals surface area contributed by atoms with Gasteiger partial charge in [-0.2, -0.15) is 4.98 Å². The van der Waals surface area contributed by atoms with E-state index in [0.717, 1.165) is 11.1 Å². The lowest BCUT2D eigenvalue weighted by Gasteiger charge is -1.95. The van der Waals surface area contributed by atoms with E-state index in [9.17, 15) is 8.42 Å². The van der Waals surface area contributed by atoms with Gasteiger partial charge >= 0.3 is 0 Å². The molecule has 0 saturated carbocycles. The highest BCUT2D eigenvalue weighted by molar-refractivity contribution is 8.13. The van der Waals surface area contributed by atoms with Crippen LogP contribution >= 0.6 is 10.7 Å². The van der Waals surface area contributed by atoms with Crippen molar-refractivity contribution in [2.45, 2.75) is 12.7 Å². The van der Waals surface area contributed by atoms with E-state index in [1.165, 1.54) is 0 Å². The fraction of sp³-hybridized carbons (Fsp3) is 0.200. The lowest BCUT2D eigenvalue weighted by atomic mass is 10.1. The second-order valence-electron chi connectivity index (χ2n) is 3.56. The third kappa shape index (κ3) is 3.28. The van der Waals surface area contributed by atoms with Gasteiger partial charge in [0.15, 0.2) is 0 Å². The topological polar surface area (TPSA) is 73.1 Å². The Hall–Kier alpha value is -1.40. The largest absolute Gasteiger partial charge is 0.338 e. The monoisotopic (exact) mass is 272 g/mol. The summed E-state index contributed by atoms with van der Waals surface area (Å²) in [5.74, 6) is -0.131. The number of nitrogens with zero attached hydrogens (tertiary/aromatic N) is 2. The Kier molecular flexibility index (Phi) is 3.17. The second kappa shape index (κ2) is 4.46. The molecule has 0 spiro atoms. The summed E-state index contributed by atoms with van der Waals surface area (Å²) in [5, 5.41) is 3.70. The number of benzene rings is 1. The molecule has 90 valence electrons. The van der Waals surface area contributed by atoms with Crippen molar-refractivity contribution in [3.8, 4) is 11.4 Å². The van der Waals surface area contributed by atoms with Gasteiger partial charge < -0.3 is 4.52 Å². The lowest BCUT2D eigenvalue weighted by Crippen LogP contribution is -1.95. The molecule has 0 bridgehead atoms. The third-order valence-electron chi connectivity index (χ3n) is 2.04. The van der Waals surface area contributed by atoms with Gasteiger partial charge in [-0.1, -0.05) is 28.9 Å². The molecule has 0 aliphatic heterocycles. The van der Waals surface area contributed by atoms with Crippen molar-refractivity contribution in [2.24, 2.45) is 0 Å². The van der Waals surface area contributed by atoms with Crippen LogP contribution in [0.15, 0.2) is 28.8 Å². The predicted molar refractivity (Wildman–Crippen MR) is 62.9 cm³/mol. The van der Waals surface area contributed by atoms with Crippen molar-refractivity contribution in [3.63, 3.8) is 0 Å². The first-order chi connectivity index (χ1) is 7.94. The molecule has 0 aliphatic rings. The molecule has 0 aliphatic carbocycles. The molecule has 7 heteroatoms. The minimum atomic E-state index is -3.68. The minimum Gasteiger partial charge on any atom is -0.338 e. The molecule has 0 unspecified atom stereocenters. The van der Waals surface area contributed by atoms with Crippen molar-refractivity contribution in [2.75, 3.05) is 0 Å². The molecule has 17 heavy (non-hydrogen) atoms. The van der Waals surface area contributed by atoms with E-state index in [1.54, 1.807) is 0 Å². The average Bonchev–Trinajstić information content (AvgIpc) is 2.63. The Bertz CT molecular complexity index is 637. The molecule has 1 aromatic heterocycles. The van der Waals surface area contributed by atoms with Gasteiger partial charge in [0.05, 0.1) is 0 Å². The summed E-state index contributed by atoms with van der Waals surface area (Å²) in [6.07, 6.45) is 0. The van der Waals surface area contributed by atoms with Crippen LogP contribution < -0.4 is 0 Å². The highest BCUT2D eigenvalue weighted by Crippen LogP contribution is 2.18. The van der Waals surface area contributed by atoms with E-state index in [1.807, 2.05) is 31.2 Å². The van der Waals surface area contributed by atoms with Crippen molar-refractivity contribution >= 4 is 19.7 Å². The highest BCUT2D eigenvalue weighted by Gasteiger charge is 2.15. The quantitative estimate of drug-likeness (QED) is 0.800. The summed E-state index contributed by atoms with van der Waals surface area (Å²) < 4.78 is 26.5. The van der Waals surface area contributed by atoms with Gasteiger partial charge in [0.2, 0.25) is 20.8 Å². The number of rotatable bonds is 3. The predicted octanol–water partition coefficient (Wildman–Crippen LogP) is 2.11. The molecule has 0 fully saturated rings. The Morgan fingerprint density at radius 2 is 2.18 bits per heavy atom. The third-order valence-corrected chi connectivity index (χ3v) is 2.96. The van der Waals surface area contributed by atoms with Gasteiger partial charge in [0, 0.05) is 16.2 Å². The van der Waals surface area contributed by atoms with E-state index in [0.29, 0.717) is 5.82 Å². The van der Waals surface area contributed by atoms with E-state index >= 15 is 0 Å². The van der Waals surface area contributed by atoms with Crippen molar-refractivity contribution in [1.29, 1.82) is 0 Å². The van der Waals surface area contributed by atoms with Crippen LogP contribution in [-0.2, 0) is 14.8 Å². The molecule has 2 aromatic rings. The molecule has 5 nitrogen and oxygen atoms in total. The van der Waals surface area contributed by atoms with E-state index in [-0.39, 0.29) is 5.89 Å². The SMILES string of the molecule is Cc1cccc(-c2noc(CS(=O)(=O)Cl)n2)c1. The second-order valence-corrected chi connectivity index (χ2v) is 6.34. The zero-order chi connectivity index (χ0) is 12.5. The van der Waals surface area contributed by atoms with Crippen molar-refractivity contribution in [1.82, 2.24) is 10.1 Å². The van der Waals surface area contributed by atoms with E-state index < -0.39 is 14.8 Å². The van der Waals surface area contributed by atoms with Crippen molar-refractivity contribution in [3.05, 3.63) is 35.7 Å². The Balaban J connectivity index is 2.30. The fourth-order valence-corrected chi connectivity index (χ4v) is 2.05. The number of halogens is 1. The van der Waals surface area contributed by atoms with Gasteiger partial charge in [-0.3, -0.25) is 0 Å².